The number of aromatic nitrogens is 2. The maximum atomic E-state index is 5.92. The number of halogens is 1. The Labute approximate surface area is 170 Å². The molecule has 0 radical (unpaired) electrons. The molecule has 0 aliphatic carbocycles. The second-order valence-electron chi connectivity index (χ2n) is 6.40. The van der Waals surface area contributed by atoms with E-state index in [1.165, 1.54) is 18.4 Å². The molecule has 0 saturated carbocycles. The van der Waals surface area contributed by atoms with Crippen molar-refractivity contribution in [3.8, 4) is 0 Å². The third-order valence-electron chi connectivity index (χ3n) is 4.17. The number of nitrogens with one attached hydrogen (secondary N) is 2. The van der Waals surface area contributed by atoms with Crippen LogP contribution in [0.5, 0.6) is 0 Å². The highest BCUT2D eigenvalue weighted by atomic mass is 35.5. The van der Waals surface area contributed by atoms with E-state index in [-0.39, 0.29) is 0 Å². The Morgan fingerprint density at radius 3 is 2.41 bits per heavy atom. The monoisotopic (exact) mass is 398 g/mol. The summed E-state index contributed by atoms with van der Waals surface area (Å²) in [4.78, 5) is 0. The fourth-order valence-corrected chi connectivity index (χ4v) is 3.06. The van der Waals surface area contributed by atoms with E-state index in [4.69, 9.17) is 23.8 Å². The molecule has 140 valence electrons. The first kappa shape index (κ1) is 19.4. The fourth-order valence-electron chi connectivity index (χ4n) is 2.71. The molecule has 0 spiro atoms. The molecule has 27 heavy (non-hydrogen) atoms. The molecule has 0 aliphatic rings. The number of aryl methyl sites for hydroxylation is 1. The van der Waals surface area contributed by atoms with Crippen LogP contribution in [-0.2, 0) is 13.0 Å². The van der Waals surface area contributed by atoms with Gasteiger partial charge in [0, 0.05) is 23.0 Å². The highest BCUT2D eigenvalue weighted by molar-refractivity contribution is 7.80. The van der Waals surface area contributed by atoms with E-state index in [1.807, 2.05) is 41.2 Å². The molecule has 0 saturated heterocycles. The van der Waals surface area contributed by atoms with Gasteiger partial charge in [0.2, 0.25) is 0 Å². The molecule has 0 atom stereocenters. The lowest BCUT2D eigenvalue weighted by atomic mass is 10.1. The number of anilines is 2. The molecule has 3 rings (SSSR count). The van der Waals surface area contributed by atoms with Gasteiger partial charge in [0.05, 0.1) is 6.54 Å². The first-order valence-electron chi connectivity index (χ1n) is 9.07. The van der Waals surface area contributed by atoms with Gasteiger partial charge in [-0.3, -0.25) is 4.68 Å². The Morgan fingerprint density at radius 2 is 1.70 bits per heavy atom. The zero-order chi connectivity index (χ0) is 19.1. The van der Waals surface area contributed by atoms with Gasteiger partial charge in [-0.1, -0.05) is 49.2 Å². The molecule has 0 fully saturated rings. The van der Waals surface area contributed by atoms with Gasteiger partial charge >= 0.3 is 0 Å². The number of benzene rings is 2. The average Bonchev–Trinajstić information content (AvgIpc) is 3.09. The maximum Gasteiger partial charge on any atom is 0.176 e. The predicted molar refractivity (Wildman–Crippen MR) is 118 cm³/mol. The highest BCUT2D eigenvalue weighted by Crippen LogP contribution is 2.14. The van der Waals surface area contributed by atoms with Gasteiger partial charge in [-0.2, -0.15) is 5.10 Å². The summed E-state index contributed by atoms with van der Waals surface area (Å²) in [6, 6.07) is 18.0. The van der Waals surface area contributed by atoms with Crippen LogP contribution in [0.2, 0.25) is 5.02 Å². The zero-order valence-corrected chi connectivity index (χ0v) is 16.9. The van der Waals surface area contributed by atoms with Crippen molar-refractivity contribution in [2.45, 2.75) is 32.7 Å². The van der Waals surface area contributed by atoms with Crippen molar-refractivity contribution in [2.24, 2.45) is 0 Å². The normalized spacial score (nSPS) is 10.6. The van der Waals surface area contributed by atoms with Crippen LogP contribution in [0.1, 0.15) is 30.9 Å². The van der Waals surface area contributed by atoms with Crippen molar-refractivity contribution in [2.75, 3.05) is 10.6 Å². The third kappa shape index (κ3) is 6.08. The van der Waals surface area contributed by atoms with Crippen molar-refractivity contribution in [1.29, 1.82) is 0 Å². The second kappa shape index (κ2) is 9.53. The molecule has 4 nitrogen and oxygen atoms in total. The Kier molecular flexibility index (Phi) is 6.85. The second-order valence-corrected chi connectivity index (χ2v) is 7.25. The van der Waals surface area contributed by atoms with Crippen LogP contribution in [0, 0.1) is 0 Å². The topological polar surface area (TPSA) is 41.9 Å². The summed E-state index contributed by atoms with van der Waals surface area (Å²) in [6.45, 7) is 2.88. The Hall–Kier alpha value is -2.37. The van der Waals surface area contributed by atoms with E-state index in [9.17, 15) is 0 Å². The predicted octanol–water partition coefficient (Wildman–Crippen LogP) is 5.74. The van der Waals surface area contributed by atoms with Gasteiger partial charge in [-0.25, -0.2) is 0 Å². The minimum absolute atomic E-state index is 0.521. The standard InChI is InChI=1S/C21H23ClN4S/c1-2-3-4-16-7-11-19(12-8-16)23-21(27)24-20-13-14-26(25-20)15-17-5-9-18(22)10-6-17/h5-14H,2-4,15H2,1H3,(H2,23,24,25,27). The molecule has 0 aliphatic heterocycles. The van der Waals surface area contributed by atoms with Crippen molar-refractivity contribution in [3.63, 3.8) is 0 Å². The third-order valence-corrected chi connectivity index (χ3v) is 4.63. The lowest BCUT2D eigenvalue weighted by Gasteiger charge is -2.09. The molecule has 3 aromatic rings. The summed E-state index contributed by atoms with van der Waals surface area (Å²) in [5.41, 5.74) is 3.45. The van der Waals surface area contributed by atoms with Gasteiger partial charge in [0.25, 0.3) is 0 Å². The quantitative estimate of drug-likeness (QED) is 0.498. The number of thiocarbonyl (C=S) groups is 1. The number of nitrogens with zero attached hydrogens (tertiary/aromatic N) is 2. The fraction of sp³-hybridized carbons (Fsp3) is 0.238. The van der Waals surface area contributed by atoms with Crippen molar-refractivity contribution in [1.82, 2.24) is 9.78 Å². The summed E-state index contributed by atoms with van der Waals surface area (Å²) in [5.74, 6) is 0.709. The van der Waals surface area contributed by atoms with E-state index < -0.39 is 0 Å². The molecule has 6 heteroatoms. The van der Waals surface area contributed by atoms with Crippen LogP contribution < -0.4 is 10.6 Å². The summed E-state index contributed by atoms with van der Waals surface area (Å²) in [7, 11) is 0. The molecule has 1 heterocycles. The molecule has 0 bridgehead atoms. The smallest absolute Gasteiger partial charge is 0.176 e. The van der Waals surface area contributed by atoms with Gasteiger partial charge in [-0.05, 0) is 60.5 Å². The Bertz CT molecular complexity index is 872. The average molecular weight is 399 g/mol. The Morgan fingerprint density at radius 1 is 1.00 bits per heavy atom. The highest BCUT2D eigenvalue weighted by Gasteiger charge is 2.04. The van der Waals surface area contributed by atoms with E-state index in [0.29, 0.717) is 17.5 Å². The maximum absolute atomic E-state index is 5.92. The van der Waals surface area contributed by atoms with E-state index in [0.717, 1.165) is 22.7 Å². The molecular weight excluding hydrogens is 376 g/mol. The van der Waals surface area contributed by atoms with Crippen LogP contribution in [0.25, 0.3) is 0 Å². The number of hydrogen-bond donors (Lipinski definition) is 2. The summed E-state index contributed by atoms with van der Waals surface area (Å²) < 4.78 is 1.86. The number of hydrogen-bond acceptors (Lipinski definition) is 2. The van der Waals surface area contributed by atoms with Gasteiger partial charge in [0.15, 0.2) is 10.9 Å². The summed E-state index contributed by atoms with van der Waals surface area (Å²) in [5, 5.41) is 12.1. The minimum atomic E-state index is 0.521. The summed E-state index contributed by atoms with van der Waals surface area (Å²) in [6.07, 6.45) is 5.46. The first-order valence-corrected chi connectivity index (χ1v) is 9.86. The van der Waals surface area contributed by atoms with Crippen molar-refractivity contribution >= 4 is 40.4 Å². The lowest BCUT2D eigenvalue weighted by Crippen LogP contribution is -2.19. The lowest BCUT2D eigenvalue weighted by molar-refractivity contribution is 0.690. The minimum Gasteiger partial charge on any atom is -0.332 e. The zero-order valence-electron chi connectivity index (χ0n) is 15.3. The molecule has 2 N–H and O–H groups in total. The van der Waals surface area contributed by atoms with Crippen LogP contribution in [0.15, 0.2) is 60.8 Å². The van der Waals surface area contributed by atoms with E-state index in [1.54, 1.807) is 0 Å². The van der Waals surface area contributed by atoms with Gasteiger partial charge < -0.3 is 10.6 Å². The van der Waals surface area contributed by atoms with Crippen molar-refractivity contribution in [3.05, 3.63) is 76.9 Å². The van der Waals surface area contributed by atoms with Gasteiger partial charge in [0.1, 0.15) is 0 Å². The first-order chi connectivity index (χ1) is 13.1. The molecular formula is C21H23ClN4S. The Balaban J connectivity index is 1.52. The number of unbranched alkanes of at least 4 members (excludes halogenated alkanes) is 1. The molecule has 2 aromatic carbocycles. The van der Waals surface area contributed by atoms with Crippen LogP contribution in [0.3, 0.4) is 0 Å². The molecule has 0 amide bonds. The van der Waals surface area contributed by atoms with Crippen LogP contribution >= 0.6 is 23.8 Å². The van der Waals surface area contributed by atoms with Crippen molar-refractivity contribution < 1.29 is 0 Å². The van der Waals surface area contributed by atoms with Gasteiger partial charge in [-0.15, -0.1) is 0 Å². The molecule has 0 unspecified atom stereocenters. The van der Waals surface area contributed by atoms with Crippen LogP contribution in [-0.4, -0.2) is 14.9 Å². The van der Waals surface area contributed by atoms with Crippen LogP contribution in [0.4, 0.5) is 11.5 Å². The SMILES string of the molecule is CCCCc1ccc(NC(=S)Nc2ccn(Cc3ccc(Cl)cc3)n2)cc1. The summed E-state index contributed by atoms with van der Waals surface area (Å²) >= 11 is 11.3. The van der Waals surface area contributed by atoms with E-state index >= 15 is 0 Å². The van der Waals surface area contributed by atoms with E-state index in [2.05, 4.69) is 46.9 Å². The molecule has 1 aromatic heterocycles. The largest absolute Gasteiger partial charge is 0.332 e. The number of rotatable bonds is 7.